The first-order valence-corrected chi connectivity index (χ1v) is 8.81. The maximum Gasteiger partial charge on any atom is 0.317 e. The van der Waals surface area contributed by atoms with Crippen LogP contribution in [0.15, 0.2) is 54.6 Å². The number of amides is 2. The smallest absolute Gasteiger partial charge is 0.317 e. The molecule has 6 heteroatoms. The Hall–Kier alpha value is -2.40. The lowest BCUT2D eigenvalue weighted by atomic mass is 10.2. The van der Waals surface area contributed by atoms with Crippen molar-refractivity contribution < 1.29 is 9.53 Å². The molecular weight excluding hydrogens is 338 g/mol. The van der Waals surface area contributed by atoms with Crippen LogP contribution in [-0.2, 0) is 0 Å². The fourth-order valence-electron chi connectivity index (χ4n) is 2.78. The molecule has 0 bridgehead atoms. The van der Waals surface area contributed by atoms with Crippen molar-refractivity contribution in [2.75, 3.05) is 44.2 Å². The van der Waals surface area contributed by atoms with Gasteiger partial charge in [-0.05, 0) is 36.4 Å². The molecule has 1 aliphatic rings. The minimum atomic E-state index is -0.0348. The number of benzene rings is 2. The maximum absolute atomic E-state index is 12.2. The second-order valence-corrected chi connectivity index (χ2v) is 6.28. The van der Waals surface area contributed by atoms with Gasteiger partial charge in [0, 0.05) is 36.9 Å². The molecule has 2 aromatic rings. The van der Waals surface area contributed by atoms with Crippen LogP contribution in [0.5, 0.6) is 5.75 Å². The van der Waals surface area contributed by atoms with Gasteiger partial charge < -0.3 is 19.9 Å². The zero-order chi connectivity index (χ0) is 17.5. The summed E-state index contributed by atoms with van der Waals surface area (Å²) in [5.74, 6) is 0.745. The molecule has 0 radical (unpaired) electrons. The van der Waals surface area contributed by atoms with Gasteiger partial charge in [-0.25, -0.2) is 4.79 Å². The Morgan fingerprint density at radius 3 is 2.36 bits per heavy atom. The molecule has 1 aliphatic heterocycles. The molecule has 0 aromatic heterocycles. The predicted octanol–water partition coefficient (Wildman–Crippen LogP) is 3.25. The summed E-state index contributed by atoms with van der Waals surface area (Å²) < 4.78 is 5.57. The van der Waals surface area contributed by atoms with E-state index in [2.05, 4.69) is 22.3 Å². The average molecular weight is 360 g/mol. The maximum atomic E-state index is 12.2. The van der Waals surface area contributed by atoms with Gasteiger partial charge in [0.05, 0.1) is 6.54 Å². The number of ether oxygens (including phenoxy) is 1. The third-order valence-electron chi connectivity index (χ3n) is 4.15. The highest BCUT2D eigenvalue weighted by Gasteiger charge is 2.20. The van der Waals surface area contributed by atoms with Crippen LogP contribution in [-0.4, -0.2) is 50.3 Å². The number of anilines is 1. The second kappa shape index (κ2) is 8.62. The number of nitrogens with zero attached hydrogens (tertiary/aromatic N) is 2. The number of rotatable bonds is 5. The van der Waals surface area contributed by atoms with Gasteiger partial charge in [0.15, 0.2) is 0 Å². The quantitative estimate of drug-likeness (QED) is 0.833. The number of carbonyl (C=O) groups excluding carboxylic acids is 1. The van der Waals surface area contributed by atoms with Crippen LogP contribution in [0.25, 0.3) is 0 Å². The first-order chi connectivity index (χ1) is 12.2. The molecule has 3 rings (SSSR count). The lowest BCUT2D eigenvalue weighted by Gasteiger charge is -2.36. The summed E-state index contributed by atoms with van der Waals surface area (Å²) in [5, 5.41) is 3.58. The number of nitrogens with one attached hydrogen (secondary N) is 1. The van der Waals surface area contributed by atoms with Crippen molar-refractivity contribution in [1.82, 2.24) is 10.2 Å². The Labute approximate surface area is 153 Å². The third-order valence-corrected chi connectivity index (χ3v) is 4.40. The minimum Gasteiger partial charge on any atom is -0.492 e. The van der Waals surface area contributed by atoms with E-state index in [1.807, 2.05) is 35.2 Å². The summed E-state index contributed by atoms with van der Waals surface area (Å²) in [6.45, 7) is 4.03. The Kier molecular flexibility index (Phi) is 6.01. The zero-order valence-corrected chi connectivity index (χ0v) is 14.8. The lowest BCUT2D eigenvalue weighted by molar-refractivity contribution is 0.191. The lowest BCUT2D eigenvalue weighted by Crippen LogP contribution is -2.52. The number of piperazine rings is 1. The van der Waals surface area contributed by atoms with Crippen LogP contribution in [0.4, 0.5) is 10.5 Å². The van der Waals surface area contributed by atoms with Crippen LogP contribution >= 0.6 is 11.6 Å². The Balaban J connectivity index is 1.36. The van der Waals surface area contributed by atoms with Gasteiger partial charge in [-0.15, -0.1) is 0 Å². The van der Waals surface area contributed by atoms with E-state index in [1.165, 1.54) is 5.69 Å². The molecule has 0 unspecified atom stereocenters. The van der Waals surface area contributed by atoms with E-state index in [0.717, 1.165) is 31.9 Å². The monoisotopic (exact) mass is 359 g/mol. The van der Waals surface area contributed by atoms with E-state index < -0.39 is 0 Å². The normalized spacial score (nSPS) is 14.3. The molecule has 0 saturated carbocycles. The molecule has 1 fully saturated rings. The highest BCUT2D eigenvalue weighted by molar-refractivity contribution is 6.30. The summed E-state index contributed by atoms with van der Waals surface area (Å²) in [5.41, 5.74) is 1.21. The average Bonchev–Trinajstić information content (AvgIpc) is 2.67. The van der Waals surface area contributed by atoms with Crippen molar-refractivity contribution >= 4 is 23.3 Å². The first-order valence-electron chi connectivity index (χ1n) is 8.43. The molecule has 1 heterocycles. The van der Waals surface area contributed by atoms with Crippen LogP contribution in [0.1, 0.15) is 0 Å². The third kappa shape index (κ3) is 5.03. The predicted molar refractivity (Wildman–Crippen MR) is 101 cm³/mol. The number of carbonyl (C=O) groups is 1. The summed E-state index contributed by atoms with van der Waals surface area (Å²) in [4.78, 5) is 16.4. The van der Waals surface area contributed by atoms with Gasteiger partial charge in [0.25, 0.3) is 0 Å². The van der Waals surface area contributed by atoms with Crippen LogP contribution < -0.4 is 15.0 Å². The van der Waals surface area contributed by atoms with Crippen LogP contribution in [0.3, 0.4) is 0 Å². The molecule has 1 saturated heterocycles. The van der Waals surface area contributed by atoms with E-state index in [-0.39, 0.29) is 6.03 Å². The number of hydrogen-bond donors (Lipinski definition) is 1. The molecule has 0 spiro atoms. The molecule has 2 amide bonds. The van der Waals surface area contributed by atoms with Crippen LogP contribution in [0, 0.1) is 0 Å². The van der Waals surface area contributed by atoms with Gasteiger partial charge in [0.1, 0.15) is 12.4 Å². The van der Waals surface area contributed by atoms with Crippen molar-refractivity contribution in [3.05, 3.63) is 59.6 Å². The largest absolute Gasteiger partial charge is 0.492 e. The Morgan fingerprint density at radius 2 is 1.68 bits per heavy atom. The van der Waals surface area contributed by atoms with Crippen molar-refractivity contribution in [3.63, 3.8) is 0 Å². The number of hydrogen-bond acceptors (Lipinski definition) is 3. The Morgan fingerprint density at radius 1 is 1.00 bits per heavy atom. The second-order valence-electron chi connectivity index (χ2n) is 5.84. The highest BCUT2D eigenvalue weighted by atomic mass is 35.5. The molecule has 1 N–H and O–H groups in total. The summed E-state index contributed by atoms with van der Waals surface area (Å²) in [7, 11) is 0. The number of para-hydroxylation sites is 1. The number of urea groups is 1. The standard InChI is InChI=1S/C19H22ClN3O2/c20-16-6-8-18(9-7-16)25-15-10-21-19(24)23-13-11-22(12-14-23)17-4-2-1-3-5-17/h1-9H,10-15H2,(H,21,24). The zero-order valence-electron chi connectivity index (χ0n) is 14.0. The topological polar surface area (TPSA) is 44.8 Å². The molecule has 0 atom stereocenters. The van der Waals surface area contributed by atoms with Crippen LogP contribution in [0.2, 0.25) is 5.02 Å². The number of halogens is 1. The van der Waals surface area contributed by atoms with E-state index in [0.29, 0.717) is 18.2 Å². The van der Waals surface area contributed by atoms with E-state index in [4.69, 9.17) is 16.3 Å². The summed E-state index contributed by atoms with van der Waals surface area (Å²) in [6.07, 6.45) is 0. The van der Waals surface area contributed by atoms with E-state index in [9.17, 15) is 4.79 Å². The highest BCUT2D eigenvalue weighted by Crippen LogP contribution is 2.16. The molecule has 5 nitrogen and oxygen atoms in total. The molecular formula is C19H22ClN3O2. The van der Waals surface area contributed by atoms with Gasteiger partial charge in [-0.1, -0.05) is 29.8 Å². The van der Waals surface area contributed by atoms with E-state index >= 15 is 0 Å². The Bertz CT molecular complexity index is 671. The summed E-state index contributed by atoms with van der Waals surface area (Å²) >= 11 is 5.83. The minimum absolute atomic E-state index is 0.0348. The molecule has 0 aliphatic carbocycles. The van der Waals surface area contributed by atoms with E-state index in [1.54, 1.807) is 12.1 Å². The molecule has 2 aromatic carbocycles. The van der Waals surface area contributed by atoms with Crippen molar-refractivity contribution in [2.45, 2.75) is 0 Å². The van der Waals surface area contributed by atoms with Crippen molar-refractivity contribution in [3.8, 4) is 5.75 Å². The summed E-state index contributed by atoms with van der Waals surface area (Å²) in [6, 6.07) is 17.4. The van der Waals surface area contributed by atoms with Crippen molar-refractivity contribution in [1.29, 1.82) is 0 Å². The van der Waals surface area contributed by atoms with Gasteiger partial charge in [-0.3, -0.25) is 0 Å². The van der Waals surface area contributed by atoms with Gasteiger partial charge in [0.2, 0.25) is 0 Å². The fourth-order valence-corrected chi connectivity index (χ4v) is 2.90. The van der Waals surface area contributed by atoms with Gasteiger partial charge in [-0.2, -0.15) is 0 Å². The fraction of sp³-hybridized carbons (Fsp3) is 0.316. The first kappa shape index (κ1) is 17.4. The van der Waals surface area contributed by atoms with Gasteiger partial charge >= 0.3 is 6.03 Å². The molecule has 25 heavy (non-hydrogen) atoms. The van der Waals surface area contributed by atoms with Crippen molar-refractivity contribution in [2.24, 2.45) is 0 Å². The SMILES string of the molecule is O=C(NCCOc1ccc(Cl)cc1)N1CCN(c2ccccc2)CC1. The molecule has 132 valence electrons.